The first-order valence-corrected chi connectivity index (χ1v) is 7.25. The molecule has 132 valence electrons. The molecule has 0 saturated carbocycles. The van der Waals surface area contributed by atoms with Crippen LogP contribution in [-0.2, 0) is 20.9 Å². The molecule has 1 aromatic rings. The van der Waals surface area contributed by atoms with Gasteiger partial charge in [0.25, 0.3) is 0 Å². The van der Waals surface area contributed by atoms with Crippen molar-refractivity contribution in [2.45, 2.75) is 45.6 Å². The van der Waals surface area contributed by atoms with E-state index in [-0.39, 0.29) is 6.61 Å². The summed E-state index contributed by atoms with van der Waals surface area (Å²) in [6.45, 7) is 5.97. The number of ether oxygens (including phenoxy) is 2. The fourth-order valence-electron chi connectivity index (χ4n) is 1.61. The average Bonchev–Trinajstić information content (AvgIpc) is 2.43. The van der Waals surface area contributed by atoms with Crippen LogP contribution >= 0.6 is 0 Å². The first-order valence-electron chi connectivity index (χ1n) is 7.25. The second-order valence-electron chi connectivity index (χ2n) is 6.24. The number of aliphatic carboxylic acids is 1. The summed E-state index contributed by atoms with van der Waals surface area (Å²) in [6.07, 6.45) is -1.96. The Morgan fingerprint density at radius 1 is 1.00 bits per heavy atom. The Morgan fingerprint density at radius 3 is 2.04 bits per heavy atom. The van der Waals surface area contributed by atoms with E-state index in [0.717, 1.165) is 12.5 Å². The number of carbonyl (C=O) groups excluding carboxylic acids is 2. The third-order valence-corrected chi connectivity index (χ3v) is 2.74. The van der Waals surface area contributed by atoms with Crippen molar-refractivity contribution in [3.05, 3.63) is 35.9 Å². The maximum absolute atomic E-state index is 11.8. The smallest absolute Gasteiger partial charge is 0.409 e. The molecule has 0 aromatic heterocycles. The van der Waals surface area contributed by atoms with E-state index in [2.05, 4.69) is 10.6 Å². The van der Waals surface area contributed by atoms with Gasteiger partial charge in [0.1, 0.15) is 12.2 Å². The summed E-state index contributed by atoms with van der Waals surface area (Å²) in [5.41, 5.74) is -2.14. The van der Waals surface area contributed by atoms with Crippen molar-refractivity contribution in [3.8, 4) is 0 Å². The van der Waals surface area contributed by atoms with E-state index in [1.165, 1.54) is 0 Å². The molecule has 3 N–H and O–H groups in total. The first kappa shape index (κ1) is 19.3. The zero-order valence-corrected chi connectivity index (χ0v) is 14.1. The summed E-state index contributed by atoms with van der Waals surface area (Å²) in [7, 11) is 0. The molecule has 0 bridgehead atoms. The lowest BCUT2D eigenvalue weighted by molar-refractivity contribution is -0.145. The fourth-order valence-corrected chi connectivity index (χ4v) is 1.61. The highest BCUT2D eigenvalue weighted by Crippen LogP contribution is 2.09. The molecule has 0 heterocycles. The molecular formula is C16H22N2O6. The van der Waals surface area contributed by atoms with Gasteiger partial charge in [-0.3, -0.25) is 10.6 Å². The molecule has 0 spiro atoms. The Morgan fingerprint density at radius 2 is 1.54 bits per heavy atom. The Hall–Kier alpha value is -2.77. The van der Waals surface area contributed by atoms with E-state index in [0.29, 0.717) is 0 Å². The lowest BCUT2D eigenvalue weighted by Crippen LogP contribution is -2.64. The van der Waals surface area contributed by atoms with E-state index in [1.54, 1.807) is 45.0 Å². The number of benzene rings is 1. The van der Waals surface area contributed by atoms with Crippen molar-refractivity contribution in [2.24, 2.45) is 0 Å². The quantitative estimate of drug-likeness (QED) is 0.710. The van der Waals surface area contributed by atoms with E-state index < -0.39 is 29.4 Å². The van der Waals surface area contributed by atoms with Crippen LogP contribution in [0.5, 0.6) is 0 Å². The number of amides is 2. The fraction of sp³-hybridized carbons (Fsp3) is 0.438. The predicted octanol–water partition coefficient (Wildman–Crippen LogP) is 2.24. The van der Waals surface area contributed by atoms with Crippen LogP contribution in [0.2, 0.25) is 0 Å². The molecule has 24 heavy (non-hydrogen) atoms. The molecule has 8 nitrogen and oxygen atoms in total. The zero-order chi connectivity index (χ0) is 18.4. The predicted molar refractivity (Wildman–Crippen MR) is 85.2 cm³/mol. The maximum atomic E-state index is 11.8. The highest BCUT2D eigenvalue weighted by Gasteiger charge is 2.38. The van der Waals surface area contributed by atoms with Crippen molar-refractivity contribution < 1.29 is 29.0 Å². The van der Waals surface area contributed by atoms with Crippen LogP contribution in [0.25, 0.3) is 0 Å². The Labute approximate surface area is 140 Å². The molecule has 1 atom stereocenters. The number of hydrogen-bond donors (Lipinski definition) is 3. The molecule has 0 fully saturated rings. The molecule has 1 rings (SSSR count). The standard InChI is InChI=1S/C16H22N2O6/c1-15(2,3)24-14(22)18-16(4,12(19)20)17-13(21)23-10-11-8-6-5-7-9-11/h5-9H,10H2,1-4H3,(H,17,21)(H,18,22)(H,19,20). The van der Waals surface area contributed by atoms with Crippen LogP contribution < -0.4 is 10.6 Å². The lowest BCUT2D eigenvalue weighted by atomic mass is 10.2. The summed E-state index contributed by atoms with van der Waals surface area (Å²) in [4.78, 5) is 35.0. The molecule has 0 saturated heterocycles. The molecular weight excluding hydrogens is 316 g/mol. The van der Waals surface area contributed by atoms with E-state index in [1.807, 2.05) is 6.07 Å². The van der Waals surface area contributed by atoms with Gasteiger partial charge in [-0.05, 0) is 33.3 Å². The summed E-state index contributed by atoms with van der Waals surface area (Å²) in [5.74, 6) is -1.47. The van der Waals surface area contributed by atoms with Gasteiger partial charge in [-0.2, -0.15) is 0 Å². The van der Waals surface area contributed by atoms with Gasteiger partial charge in [0.2, 0.25) is 5.66 Å². The van der Waals surface area contributed by atoms with Gasteiger partial charge in [-0.25, -0.2) is 14.4 Å². The SMILES string of the molecule is CC(C)(C)OC(=O)NC(C)(NC(=O)OCc1ccccc1)C(=O)O. The summed E-state index contributed by atoms with van der Waals surface area (Å²) in [5, 5.41) is 13.5. The molecule has 1 aromatic carbocycles. The number of carboxylic acids is 1. The number of carboxylic acid groups (broad SMARTS) is 1. The second kappa shape index (κ2) is 7.67. The largest absolute Gasteiger partial charge is 0.478 e. The van der Waals surface area contributed by atoms with Crippen molar-refractivity contribution in [3.63, 3.8) is 0 Å². The third-order valence-electron chi connectivity index (χ3n) is 2.74. The topological polar surface area (TPSA) is 114 Å². The molecule has 8 heteroatoms. The van der Waals surface area contributed by atoms with Crippen LogP contribution in [0.1, 0.15) is 33.3 Å². The molecule has 0 radical (unpaired) electrons. The molecule has 2 amide bonds. The van der Waals surface area contributed by atoms with Gasteiger partial charge in [0.15, 0.2) is 0 Å². The Bertz CT molecular complexity index is 596. The van der Waals surface area contributed by atoms with Crippen molar-refractivity contribution in [1.82, 2.24) is 10.6 Å². The Balaban J connectivity index is 2.65. The van der Waals surface area contributed by atoms with Gasteiger partial charge in [-0.1, -0.05) is 30.3 Å². The summed E-state index contributed by atoms with van der Waals surface area (Å²) in [6, 6.07) is 8.88. The van der Waals surface area contributed by atoms with Crippen LogP contribution in [0.4, 0.5) is 9.59 Å². The van der Waals surface area contributed by atoms with Crippen LogP contribution in [0.15, 0.2) is 30.3 Å². The summed E-state index contributed by atoms with van der Waals surface area (Å²) >= 11 is 0. The number of carbonyl (C=O) groups is 3. The summed E-state index contributed by atoms with van der Waals surface area (Å²) < 4.78 is 9.94. The molecule has 0 aliphatic carbocycles. The maximum Gasteiger partial charge on any atom is 0.409 e. The van der Waals surface area contributed by atoms with E-state index >= 15 is 0 Å². The van der Waals surface area contributed by atoms with Gasteiger partial charge in [-0.15, -0.1) is 0 Å². The van der Waals surface area contributed by atoms with Gasteiger partial charge in [0, 0.05) is 0 Å². The molecule has 1 unspecified atom stereocenters. The number of nitrogens with one attached hydrogen (secondary N) is 2. The minimum Gasteiger partial charge on any atom is -0.478 e. The van der Waals surface area contributed by atoms with E-state index in [9.17, 15) is 19.5 Å². The van der Waals surface area contributed by atoms with Gasteiger partial charge >= 0.3 is 18.2 Å². The second-order valence-corrected chi connectivity index (χ2v) is 6.24. The molecule has 0 aliphatic heterocycles. The highest BCUT2D eigenvalue weighted by atomic mass is 16.6. The Kier molecular flexibility index (Phi) is 6.16. The highest BCUT2D eigenvalue weighted by molar-refractivity contribution is 5.87. The number of alkyl carbamates (subject to hydrolysis) is 2. The van der Waals surface area contributed by atoms with Crippen molar-refractivity contribution >= 4 is 18.2 Å². The molecule has 0 aliphatic rings. The van der Waals surface area contributed by atoms with Crippen LogP contribution in [0, 0.1) is 0 Å². The van der Waals surface area contributed by atoms with Gasteiger partial charge < -0.3 is 14.6 Å². The average molecular weight is 338 g/mol. The van der Waals surface area contributed by atoms with Crippen molar-refractivity contribution in [1.29, 1.82) is 0 Å². The number of rotatable bonds is 5. The van der Waals surface area contributed by atoms with Crippen LogP contribution in [-0.4, -0.2) is 34.5 Å². The minimum absolute atomic E-state index is 0.0329. The van der Waals surface area contributed by atoms with E-state index in [4.69, 9.17) is 9.47 Å². The van der Waals surface area contributed by atoms with Crippen LogP contribution in [0.3, 0.4) is 0 Å². The lowest BCUT2D eigenvalue weighted by Gasteiger charge is -2.28. The van der Waals surface area contributed by atoms with Gasteiger partial charge in [0.05, 0.1) is 0 Å². The minimum atomic E-state index is -2.07. The number of hydrogen-bond acceptors (Lipinski definition) is 5. The first-order chi connectivity index (χ1) is 11.0. The normalized spacial score (nSPS) is 13.3. The zero-order valence-electron chi connectivity index (χ0n) is 14.1. The third kappa shape index (κ3) is 6.55. The van der Waals surface area contributed by atoms with Crippen molar-refractivity contribution in [2.75, 3.05) is 0 Å². The monoisotopic (exact) mass is 338 g/mol.